The van der Waals surface area contributed by atoms with Gasteiger partial charge in [-0.05, 0) is 36.4 Å². The van der Waals surface area contributed by atoms with Crippen molar-refractivity contribution in [1.29, 1.82) is 0 Å². The highest BCUT2D eigenvalue weighted by Crippen LogP contribution is 2.33. The summed E-state index contributed by atoms with van der Waals surface area (Å²) in [6.45, 7) is 3.75. The molecule has 2 aromatic rings. The maximum atomic E-state index is 13.0. The second-order valence-electron chi connectivity index (χ2n) is 4.82. The summed E-state index contributed by atoms with van der Waals surface area (Å²) in [7, 11) is -0.760. The number of benzene rings is 2. The van der Waals surface area contributed by atoms with Crippen LogP contribution in [0.2, 0.25) is 5.02 Å². The molecule has 0 aromatic heterocycles. The van der Waals surface area contributed by atoms with Crippen LogP contribution in [0.1, 0.15) is 0 Å². The largest absolute Gasteiger partial charge is 0.493 e. The lowest BCUT2D eigenvalue weighted by Crippen LogP contribution is -2.31. The number of hydrogen-bond donors (Lipinski definition) is 0. The molecule has 0 aliphatic heterocycles. The quantitative estimate of drug-likeness (QED) is 0.699. The Bertz CT molecular complexity index is 819. The summed E-state index contributed by atoms with van der Waals surface area (Å²) in [5.41, 5.74) is 0.447. The highest BCUT2D eigenvalue weighted by molar-refractivity contribution is 7.92. The van der Waals surface area contributed by atoms with E-state index in [0.717, 1.165) is 0 Å². The lowest BCUT2D eigenvalue weighted by atomic mass is 10.2. The van der Waals surface area contributed by atoms with Crippen LogP contribution in [0.15, 0.2) is 60.0 Å². The average Bonchev–Trinajstić information content (AvgIpc) is 2.59. The molecule has 2 aromatic carbocycles. The third-order valence-corrected chi connectivity index (χ3v) is 5.41. The first-order valence-corrected chi connectivity index (χ1v) is 8.87. The summed E-state index contributed by atoms with van der Waals surface area (Å²) in [4.78, 5) is 0.142. The molecule has 7 heteroatoms. The van der Waals surface area contributed by atoms with Gasteiger partial charge in [0.25, 0.3) is 10.0 Å². The summed E-state index contributed by atoms with van der Waals surface area (Å²) in [6, 6.07) is 10.9. The van der Waals surface area contributed by atoms with E-state index in [9.17, 15) is 8.42 Å². The van der Waals surface area contributed by atoms with E-state index in [0.29, 0.717) is 22.2 Å². The lowest BCUT2D eigenvalue weighted by Gasteiger charge is -2.24. The van der Waals surface area contributed by atoms with Gasteiger partial charge in [0.2, 0.25) is 0 Å². The minimum absolute atomic E-state index is 0.112. The Balaban J connectivity index is 2.52. The smallest absolute Gasteiger partial charge is 0.264 e. The summed E-state index contributed by atoms with van der Waals surface area (Å²) < 4.78 is 37.6. The number of hydrogen-bond acceptors (Lipinski definition) is 4. The van der Waals surface area contributed by atoms with Gasteiger partial charge in [0, 0.05) is 11.1 Å². The fourth-order valence-corrected chi connectivity index (χ4v) is 3.73. The second kappa shape index (κ2) is 7.59. The summed E-state index contributed by atoms with van der Waals surface area (Å²) in [5.74, 6) is 0.957. The maximum Gasteiger partial charge on any atom is 0.264 e. The van der Waals surface area contributed by atoms with Crippen LogP contribution in [0.5, 0.6) is 11.5 Å². The molecule has 24 heavy (non-hydrogen) atoms. The molecule has 0 spiro atoms. The number of methoxy groups -OCH3 is 2. The van der Waals surface area contributed by atoms with E-state index in [1.165, 1.54) is 48.9 Å². The van der Waals surface area contributed by atoms with Gasteiger partial charge in [-0.25, -0.2) is 8.42 Å². The van der Waals surface area contributed by atoms with Crippen molar-refractivity contribution in [3.63, 3.8) is 0 Å². The molecule has 128 valence electrons. The molecule has 2 rings (SSSR count). The van der Waals surface area contributed by atoms with Crippen molar-refractivity contribution in [2.24, 2.45) is 0 Å². The molecule has 0 aliphatic rings. The predicted octanol–water partition coefficient (Wildman–Crippen LogP) is 3.74. The van der Waals surface area contributed by atoms with E-state index < -0.39 is 10.0 Å². The van der Waals surface area contributed by atoms with Crippen LogP contribution in [0.4, 0.5) is 5.69 Å². The van der Waals surface area contributed by atoms with Crippen LogP contribution >= 0.6 is 11.6 Å². The van der Waals surface area contributed by atoms with Gasteiger partial charge in [-0.2, -0.15) is 0 Å². The van der Waals surface area contributed by atoms with Crippen LogP contribution in [0.3, 0.4) is 0 Å². The first-order chi connectivity index (χ1) is 11.4. The Morgan fingerprint density at radius 3 is 2.25 bits per heavy atom. The van der Waals surface area contributed by atoms with Gasteiger partial charge >= 0.3 is 0 Å². The van der Waals surface area contributed by atoms with Crippen molar-refractivity contribution >= 4 is 27.3 Å². The minimum Gasteiger partial charge on any atom is -0.493 e. The zero-order chi connectivity index (χ0) is 17.7. The van der Waals surface area contributed by atoms with E-state index >= 15 is 0 Å². The summed E-state index contributed by atoms with van der Waals surface area (Å²) >= 11 is 5.84. The highest BCUT2D eigenvalue weighted by Gasteiger charge is 2.25. The van der Waals surface area contributed by atoms with Crippen molar-refractivity contribution in [3.05, 3.63) is 60.1 Å². The SMILES string of the molecule is C=CCN(c1ccc(OC)c(OC)c1)S(=O)(=O)c1ccc(Cl)cc1. The second-order valence-corrected chi connectivity index (χ2v) is 7.12. The molecule has 0 unspecified atom stereocenters. The van der Waals surface area contributed by atoms with Crippen LogP contribution in [-0.4, -0.2) is 29.2 Å². The van der Waals surface area contributed by atoms with Crippen molar-refractivity contribution in [2.45, 2.75) is 4.90 Å². The van der Waals surface area contributed by atoms with Gasteiger partial charge in [0.15, 0.2) is 11.5 Å². The molecular weight excluding hydrogens is 350 g/mol. The Morgan fingerprint density at radius 2 is 1.71 bits per heavy atom. The highest BCUT2D eigenvalue weighted by atomic mass is 35.5. The van der Waals surface area contributed by atoms with Crippen LogP contribution < -0.4 is 13.8 Å². The topological polar surface area (TPSA) is 55.8 Å². The Labute approximate surface area is 147 Å². The van der Waals surface area contributed by atoms with Crippen molar-refractivity contribution in [3.8, 4) is 11.5 Å². The zero-order valence-corrected chi connectivity index (χ0v) is 15.0. The monoisotopic (exact) mass is 367 g/mol. The molecule has 0 atom stereocenters. The molecule has 0 radical (unpaired) electrons. The number of anilines is 1. The Hall–Kier alpha value is -2.18. The molecule has 0 aliphatic carbocycles. The average molecular weight is 368 g/mol. The van der Waals surface area contributed by atoms with E-state index in [-0.39, 0.29) is 11.4 Å². The molecule has 0 saturated heterocycles. The fourth-order valence-electron chi connectivity index (χ4n) is 2.17. The minimum atomic E-state index is -3.77. The number of nitrogens with zero attached hydrogens (tertiary/aromatic N) is 1. The summed E-state index contributed by atoms with van der Waals surface area (Å²) in [5, 5.41) is 0.468. The lowest BCUT2D eigenvalue weighted by molar-refractivity contribution is 0.355. The third kappa shape index (κ3) is 3.66. The van der Waals surface area contributed by atoms with Crippen LogP contribution in [-0.2, 0) is 10.0 Å². The molecule has 5 nitrogen and oxygen atoms in total. The van der Waals surface area contributed by atoms with Crippen molar-refractivity contribution < 1.29 is 17.9 Å². The molecule has 0 N–H and O–H groups in total. The van der Waals surface area contributed by atoms with Gasteiger partial charge in [0.1, 0.15) is 0 Å². The Morgan fingerprint density at radius 1 is 1.08 bits per heavy atom. The van der Waals surface area contributed by atoms with E-state index in [4.69, 9.17) is 21.1 Å². The van der Waals surface area contributed by atoms with E-state index in [1.807, 2.05) is 0 Å². The molecular formula is C17H18ClNO4S. The number of sulfonamides is 1. The van der Waals surface area contributed by atoms with E-state index in [1.54, 1.807) is 18.2 Å². The number of ether oxygens (including phenoxy) is 2. The van der Waals surface area contributed by atoms with Gasteiger partial charge in [0.05, 0.1) is 31.3 Å². The van der Waals surface area contributed by atoms with Gasteiger partial charge in [-0.15, -0.1) is 6.58 Å². The van der Waals surface area contributed by atoms with Gasteiger partial charge in [-0.1, -0.05) is 17.7 Å². The molecule has 0 saturated carbocycles. The first kappa shape index (κ1) is 18.2. The Kier molecular flexibility index (Phi) is 5.75. The van der Waals surface area contributed by atoms with Gasteiger partial charge in [-0.3, -0.25) is 4.31 Å². The number of rotatable bonds is 7. The third-order valence-electron chi connectivity index (χ3n) is 3.35. The van der Waals surface area contributed by atoms with E-state index in [2.05, 4.69) is 6.58 Å². The van der Waals surface area contributed by atoms with Crippen LogP contribution in [0.25, 0.3) is 0 Å². The fraction of sp³-hybridized carbons (Fsp3) is 0.176. The molecule has 0 bridgehead atoms. The molecule has 0 amide bonds. The molecule has 0 heterocycles. The first-order valence-electron chi connectivity index (χ1n) is 7.05. The standard InChI is InChI=1S/C17H18ClNO4S/c1-4-11-19(14-7-10-16(22-2)17(12-14)23-3)24(20,21)15-8-5-13(18)6-9-15/h4-10,12H,1,11H2,2-3H3. The normalized spacial score (nSPS) is 11.0. The maximum absolute atomic E-state index is 13.0. The summed E-state index contributed by atoms with van der Waals surface area (Å²) in [6.07, 6.45) is 1.52. The molecule has 0 fully saturated rings. The van der Waals surface area contributed by atoms with Crippen LogP contribution in [0, 0.1) is 0 Å². The number of halogens is 1. The predicted molar refractivity (Wildman–Crippen MR) is 95.7 cm³/mol. The van der Waals surface area contributed by atoms with Crippen molar-refractivity contribution in [1.82, 2.24) is 0 Å². The zero-order valence-electron chi connectivity index (χ0n) is 13.4. The van der Waals surface area contributed by atoms with Crippen molar-refractivity contribution in [2.75, 3.05) is 25.1 Å². The van der Waals surface area contributed by atoms with Gasteiger partial charge < -0.3 is 9.47 Å².